The zero-order valence-electron chi connectivity index (χ0n) is 26.3. The van der Waals surface area contributed by atoms with Crippen molar-refractivity contribution in [1.82, 2.24) is 0 Å². The fraction of sp³-hybridized carbons (Fsp3) is 0.200. The summed E-state index contributed by atoms with van der Waals surface area (Å²) in [5.74, 6) is 0. The normalized spacial score (nSPS) is 13.4. The van der Waals surface area contributed by atoms with Gasteiger partial charge in [-0.2, -0.15) is 4.67 Å². The predicted octanol–water partition coefficient (Wildman–Crippen LogP) is 11.2. The molecule has 0 saturated heterocycles. The first-order valence-electron chi connectivity index (χ1n) is 15.9. The summed E-state index contributed by atoms with van der Waals surface area (Å²) in [5, 5.41) is 9.83. The van der Waals surface area contributed by atoms with Gasteiger partial charge in [-0.3, -0.25) is 0 Å². The number of rotatable bonds is 8. The molecule has 7 rings (SSSR count). The molecule has 1 aromatic heterocycles. The summed E-state index contributed by atoms with van der Waals surface area (Å²) in [4.78, 5) is 0. The minimum atomic E-state index is -1.44. The number of hydrogen-bond donors (Lipinski definition) is 0. The maximum absolute atomic E-state index is 7.03. The van der Waals surface area contributed by atoms with Crippen LogP contribution in [0.1, 0.15) is 34.1 Å². The monoisotopic (exact) mass is 627 g/mol. The van der Waals surface area contributed by atoms with Crippen LogP contribution >= 0.6 is 16.1 Å². The molecule has 0 aliphatic heterocycles. The molecular formula is C40H39NO2P2. The predicted molar refractivity (Wildman–Crippen MR) is 197 cm³/mol. The van der Waals surface area contributed by atoms with Crippen LogP contribution in [-0.2, 0) is 0 Å². The molecule has 0 bridgehead atoms. The average molecular weight is 628 g/mol. The van der Waals surface area contributed by atoms with Gasteiger partial charge in [0.25, 0.3) is 0 Å². The quantitative estimate of drug-likeness (QED) is 0.157. The molecule has 0 spiro atoms. The smallest absolute Gasteiger partial charge is 0.310 e. The van der Waals surface area contributed by atoms with Gasteiger partial charge >= 0.3 is 8.16 Å². The summed E-state index contributed by atoms with van der Waals surface area (Å²) in [6.45, 7) is 9.30. The Balaban J connectivity index is 1.38. The lowest BCUT2D eigenvalue weighted by Crippen LogP contribution is -2.38. The van der Waals surface area contributed by atoms with Crippen LogP contribution < -0.4 is 15.3 Å². The molecule has 0 aliphatic carbocycles. The highest BCUT2D eigenvalue weighted by atomic mass is 31.1. The molecule has 0 N–H and O–H groups in total. The Hall–Kier alpha value is -3.87. The van der Waals surface area contributed by atoms with Gasteiger partial charge in [-0.1, -0.05) is 128 Å². The van der Waals surface area contributed by atoms with E-state index in [9.17, 15) is 0 Å². The number of benzene rings is 6. The summed E-state index contributed by atoms with van der Waals surface area (Å²) in [6.07, 6.45) is 1.02. The molecule has 0 fully saturated rings. The van der Waals surface area contributed by atoms with Gasteiger partial charge in [0.05, 0.1) is 0 Å². The van der Waals surface area contributed by atoms with Crippen LogP contribution in [0.5, 0.6) is 0 Å². The lowest BCUT2D eigenvalue weighted by Gasteiger charge is -2.33. The second-order valence-corrected chi connectivity index (χ2v) is 16.1. The van der Waals surface area contributed by atoms with Gasteiger partial charge in [-0.05, 0) is 85.1 Å². The third-order valence-corrected chi connectivity index (χ3v) is 13.5. The van der Waals surface area contributed by atoms with Gasteiger partial charge in [0, 0.05) is 22.9 Å². The van der Waals surface area contributed by atoms with Gasteiger partial charge in [0.2, 0.25) is 0 Å². The van der Waals surface area contributed by atoms with E-state index in [0.29, 0.717) is 5.66 Å². The third-order valence-electron chi connectivity index (χ3n) is 8.75. The molecule has 2 atom stereocenters. The highest BCUT2D eigenvalue weighted by Gasteiger charge is 2.29. The maximum Gasteiger partial charge on any atom is 0.310 e. The van der Waals surface area contributed by atoms with Crippen molar-refractivity contribution in [2.45, 2.75) is 51.9 Å². The Labute approximate surface area is 267 Å². The van der Waals surface area contributed by atoms with E-state index in [1.807, 2.05) is 0 Å². The molecule has 0 aliphatic rings. The second-order valence-electron chi connectivity index (χ2n) is 12.2. The summed E-state index contributed by atoms with van der Waals surface area (Å²) in [7, 11) is -1.98. The van der Waals surface area contributed by atoms with Crippen molar-refractivity contribution in [2.24, 2.45) is 0 Å². The Morgan fingerprint density at radius 2 is 1.00 bits per heavy atom. The van der Waals surface area contributed by atoms with Crippen molar-refractivity contribution in [3.05, 3.63) is 133 Å². The lowest BCUT2D eigenvalue weighted by atomic mass is 9.99. The molecular weight excluding hydrogens is 588 g/mol. The fourth-order valence-corrected chi connectivity index (χ4v) is 11.3. The first kappa shape index (κ1) is 29.8. The van der Waals surface area contributed by atoms with E-state index in [2.05, 4.69) is 166 Å². The van der Waals surface area contributed by atoms with E-state index in [0.717, 1.165) is 28.4 Å². The van der Waals surface area contributed by atoms with Crippen LogP contribution in [0.4, 0.5) is 0 Å². The molecule has 0 unspecified atom stereocenters. The van der Waals surface area contributed by atoms with Crippen LogP contribution in [0.25, 0.3) is 43.5 Å². The minimum absolute atomic E-state index is 0.226. The van der Waals surface area contributed by atoms with Gasteiger partial charge in [0.15, 0.2) is 0 Å². The molecule has 45 heavy (non-hydrogen) atoms. The maximum atomic E-state index is 7.03. The standard InChI is InChI=1S/C40H39NO2P2/c1-28(2)41(29(3)27-30(4)44(33-17-7-5-8-18-33)34-19-9-6-10-20-34)45-42-37-25-23-31-15-11-13-21-35(31)39(37)40-36-22-14-12-16-32(36)24-26-38(40)43-45/h5-26,28-30H,27H2,1-4H3/t29-,30-/m1/s1. The fourth-order valence-electron chi connectivity index (χ4n) is 6.85. The van der Waals surface area contributed by atoms with Gasteiger partial charge in [0.1, 0.15) is 11.2 Å². The summed E-state index contributed by atoms with van der Waals surface area (Å²) in [5.41, 5.74) is 2.23. The van der Waals surface area contributed by atoms with E-state index in [4.69, 9.17) is 8.39 Å². The van der Waals surface area contributed by atoms with Crippen LogP contribution in [0.15, 0.2) is 142 Å². The van der Waals surface area contributed by atoms with Crippen LogP contribution in [0, 0.1) is 0 Å². The summed E-state index contributed by atoms with van der Waals surface area (Å²) < 4.78 is 16.5. The van der Waals surface area contributed by atoms with Crippen molar-refractivity contribution >= 4 is 70.2 Å². The first-order valence-corrected chi connectivity index (χ1v) is 18.4. The highest BCUT2D eigenvalue weighted by molar-refractivity contribution is 7.73. The van der Waals surface area contributed by atoms with Crippen LogP contribution in [0.2, 0.25) is 0 Å². The molecule has 0 radical (unpaired) electrons. The third kappa shape index (κ3) is 5.82. The van der Waals surface area contributed by atoms with E-state index < -0.39 is 16.1 Å². The zero-order valence-corrected chi connectivity index (χ0v) is 28.1. The van der Waals surface area contributed by atoms with E-state index in [1.54, 1.807) is 0 Å². The molecule has 0 amide bonds. The molecule has 226 valence electrons. The molecule has 1 heterocycles. The van der Waals surface area contributed by atoms with Gasteiger partial charge in [-0.25, -0.2) is 0 Å². The van der Waals surface area contributed by atoms with Crippen molar-refractivity contribution in [3.8, 4) is 0 Å². The van der Waals surface area contributed by atoms with Crippen LogP contribution in [0.3, 0.4) is 0 Å². The number of nitrogens with zero attached hydrogens (tertiary/aromatic N) is 1. The first-order chi connectivity index (χ1) is 22.0. The van der Waals surface area contributed by atoms with Gasteiger partial charge < -0.3 is 8.39 Å². The molecule has 3 nitrogen and oxygen atoms in total. The largest absolute Gasteiger partial charge is 0.408 e. The SMILES string of the molecule is CC(C)N([C@H](C)C[C@@H](C)P(c1ccccc1)c1ccccc1)p1oc2ccc3ccccc3c2c2c(ccc3ccccc32)o1. The number of fused-ring (bicyclic) bond motifs is 7. The molecule has 6 aromatic carbocycles. The lowest BCUT2D eigenvalue weighted by molar-refractivity contribution is 0.531. The summed E-state index contributed by atoms with van der Waals surface area (Å²) in [6, 6.07) is 48.4. The van der Waals surface area contributed by atoms with Crippen molar-refractivity contribution in [2.75, 3.05) is 4.67 Å². The second kappa shape index (κ2) is 12.9. The van der Waals surface area contributed by atoms with Gasteiger partial charge in [-0.15, -0.1) is 0 Å². The van der Waals surface area contributed by atoms with Crippen molar-refractivity contribution in [1.29, 1.82) is 0 Å². The summed E-state index contributed by atoms with van der Waals surface area (Å²) >= 11 is 0. The topological polar surface area (TPSA) is 29.5 Å². The number of hydrogen-bond acceptors (Lipinski definition) is 3. The van der Waals surface area contributed by atoms with Crippen molar-refractivity contribution < 1.29 is 8.39 Å². The van der Waals surface area contributed by atoms with Crippen molar-refractivity contribution in [3.63, 3.8) is 0 Å². The molecule has 5 heteroatoms. The van der Waals surface area contributed by atoms with E-state index >= 15 is 0 Å². The molecule has 0 saturated carbocycles. The Bertz CT molecular complexity index is 1990. The Kier molecular flexibility index (Phi) is 8.52. The molecule has 7 aromatic rings. The van der Waals surface area contributed by atoms with Crippen LogP contribution in [-0.4, -0.2) is 17.7 Å². The van der Waals surface area contributed by atoms with E-state index in [-0.39, 0.29) is 12.1 Å². The Morgan fingerprint density at radius 1 is 0.556 bits per heavy atom. The minimum Gasteiger partial charge on any atom is -0.408 e. The highest BCUT2D eigenvalue weighted by Crippen LogP contribution is 2.46. The van der Waals surface area contributed by atoms with E-state index in [1.165, 1.54) is 32.2 Å². The zero-order chi connectivity index (χ0) is 30.9. The Morgan fingerprint density at radius 3 is 1.47 bits per heavy atom. The average Bonchev–Trinajstić information content (AvgIpc) is 3.23.